The fourth-order valence-electron chi connectivity index (χ4n) is 1.71. The minimum absolute atomic E-state index is 0.147. The summed E-state index contributed by atoms with van der Waals surface area (Å²) in [6, 6.07) is 5.14. The molecule has 1 unspecified atom stereocenters. The van der Waals surface area contributed by atoms with E-state index in [0.29, 0.717) is 5.16 Å². The Morgan fingerprint density at radius 3 is 2.85 bits per heavy atom. The number of H-pyrrole nitrogens is 1. The maximum Gasteiger partial charge on any atom is 0.251 e. The van der Waals surface area contributed by atoms with Gasteiger partial charge in [-0.25, -0.2) is 9.97 Å². The minimum atomic E-state index is -0.535. The summed E-state index contributed by atoms with van der Waals surface area (Å²) in [5.74, 6) is 0. The third-order valence-corrected chi connectivity index (χ3v) is 3.56. The van der Waals surface area contributed by atoms with Crippen LogP contribution in [0.25, 0.3) is 0 Å². The maximum absolute atomic E-state index is 11.6. The van der Waals surface area contributed by atoms with Gasteiger partial charge in [0.2, 0.25) is 0 Å². The quantitative estimate of drug-likeness (QED) is 0.827. The van der Waals surface area contributed by atoms with Gasteiger partial charge in [0.05, 0.1) is 6.10 Å². The summed E-state index contributed by atoms with van der Waals surface area (Å²) in [7, 11) is 0. The third kappa shape index (κ3) is 3.91. The van der Waals surface area contributed by atoms with E-state index in [0.717, 1.165) is 29.1 Å². The highest BCUT2D eigenvalue weighted by molar-refractivity contribution is 7.99. The van der Waals surface area contributed by atoms with E-state index in [1.54, 1.807) is 19.2 Å². The first-order valence-corrected chi connectivity index (χ1v) is 7.32. The van der Waals surface area contributed by atoms with Crippen molar-refractivity contribution < 1.29 is 5.11 Å². The Labute approximate surface area is 121 Å². The van der Waals surface area contributed by atoms with Gasteiger partial charge in [0.15, 0.2) is 5.16 Å². The number of rotatable bonds is 5. The molecule has 0 aliphatic carbocycles. The average molecular weight is 291 g/mol. The Kier molecular flexibility index (Phi) is 4.92. The van der Waals surface area contributed by atoms with Crippen molar-refractivity contribution in [1.82, 2.24) is 15.0 Å². The van der Waals surface area contributed by atoms with Crippen LogP contribution in [0.4, 0.5) is 0 Å². The van der Waals surface area contributed by atoms with E-state index < -0.39 is 6.10 Å². The summed E-state index contributed by atoms with van der Waals surface area (Å²) >= 11 is 1.30. The third-order valence-electron chi connectivity index (χ3n) is 2.72. The number of aromatic amines is 1. The standard InChI is InChI=1S/C14H17N3O2S/c1-3-4-11-7-12(19)17-14(16-11)20-13-6-5-10(8-15-13)9(2)18/h5-9,18H,3-4H2,1-2H3,(H,16,17,19). The lowest BCUT2D eigenvalue weighted by Crippen LogP contribution is -2.09. The zero-order valence-corrected chi connectivity index (χ0v) is 12.3. The maximum atomic E-state index is 11.6. The molecular weight excluding hydrogens is 274 g/mol. The van der Waals surface area contributed by atoms with E-state index in [-0.39, 0.29) is 5.56 Å². The van der Waals surface area contributed by atoms with Crippen LogP contribution in [-0.4, -0.2) is 20.1 Å². The molecular formula is C14H17N3O2S. The number of hydrogen-bond acceptors (Lipinski definition) is 5. The first kappa shape index (κ1) is 14.7. The predicted molar refractivity (Wildman–Crippen MR) is 77.8 cm³/mol. The molecule has 6 heteroatoms. The van der Waals surface area contributed by atoms with E-state index in [2.05, 4.69) is 15.0 Å². The Bertz CT molecular complexity index is 623. The molecule has 5 nitrogen and oxygen atoms in total. The number of aromatic nitrogens is 3. The van der Waals surface area contributed by atoms with Crippen LogP contribution < -0.4 is 5.56 Å². The van der Waals surface area contributed by atoms with Crippen molar-refractivity contribution in [3.05, 3.63) is 46.0 Å². The molecule has 0 fully saturated rings. The van der Waals surface area contributed by atoms with Crippen LogP contribution >= 0.6 is 11.8 Å². The van der Waals surface area contributed by atoms with Crippen molar-refractivity contribution in [2.24, 2.45) is 0 Å². The van der Waals surface area contributed by atoms with Crippen LogP contribution in [0.15, 0.2) is 39.4 Å². The minimum Gasteiger partial charge on any atom is -0.389 e. The number of nitrogens with one attached hydrogen (secondary N) is 1. The first-order chi connectivity index (χ1) is 9.58. The largest absolute Gasteiger partial charge is 0.389 e. The number of nitrogens with zero attached hydrogens (tertiary/aromatic N) is 2. The average Bonchev–Trinajstić information content (AvgIpc) is 2.39. The Balaban J connectivity index is 2.18. The van der Waals surface area contributed by atoms with Gasteiger partial charge in [-0.3, -0.25) is 4.79 Å². The molecule has 0 bridgehead atoms. The zero-order valence-electron chi connectivity index (χ0n) is 11.5. The Morgan fingerprint density at radius 1 is 1.45 bits per heavy atom. The molecule has 2 aromatic heterocycles. The summed E-state index contributed by atoms with van der Waals surface area (Å²) in [5.41, 5.74) is 1.40. The van der Waals surface area contributed by atoms with Crippen molar-refractivity contribution in [2.45, 2.75) is 43.0 Å². The molecule has 0 aromatic carbocycles. The molecule has 0 spiro atoms. The normalized spacial score (nSPS) is 12.3. The number of aliphatic hydroxyl groups is 1. The highest BCUT2D eigenvalue weighted by Crippen LogP contribution is 2.23. The molecule has 0 radical (unpaired) electrons. The second-order valence-corrected chi connectivity index (χ2v) is 5.51. The predicted octanol–water partition coefficient (Wildman–Crippen LogP) is 2.32. The van der Waals surface area contributed by atoms with Gasteiger partial charge >= 0.3 is 0 Å². The first-order valence-electron chi connectivity index (χ1n) is 6.50. The van der Waals surface area contributed by atoms with Crippen LogP contribution in [0.3, 0.4) is 0 Å². The highest BCUT2D eigenvalue weighted by atomic mass is 32.2. The molecule has 2 rings (SSSR count). The smallest absolute Gasteiger partial charge is 0.251 e. The van der Waals surface area contributed by atoms with E-state index in [1.807, 2.05) is 13.0 Å². The summed E-state index contributed by atoms with van der Waals surface area (Å²) in [6.07, 6.45) is 2.82. The van der Waals surface area contributed by atoms with Gasteiger partial charge in [0, 0.05) is 18.0 Å². The van der Waals surface area contributed by atoms with Gasteiger partial charge in [0.25, 0.3) is 5.56 Å². The number of pyridine rings is 1. The summed E-state index contributed by atoms with van der Waals surface area (Å²) in [6.45, 7) is 3.74. The van der Waals surface area contributed by atoms with Gasteiger partial charge < -0.3 is 10.1 Å². The summed E-state index contributed by atoms with van der Waals surface area (Å²) < 4.78 is 0. The number of aryl methyl sites for hydroxylation is 1. The Morgan fingerprint density at radius 2 is 2.25 bits per heavy atom. The van der Waals surface area contributed by atoms with Crippen LogP contribution in [0.5, 0.6) is 0 Å². The number of aliphatic hydroxyl groups excluding tert-OH is 1. The second kappa shape index (κ2) is 6.67. The molecule has 2 N–H and O–H groups in total. The zero-order chi connectivity index (χ0) is 14.5. The highest BCUT2D eigenvalue weighted by Gasteiger charge is 2.06. The van der Waals surface area contributed by atoms with Crippen LogP contribution in [0.1, 0.15) is 37.6 Å². The molecule has 20 heavy (non-hydrogen) atoms. The van der Waals surface area contributed by atoms with Crippen LogP contribution in [-0.2, 0) is 6.42 Å². The molecule has 106 valence electrons. The topological polar surface area (TPSA) is 78.9 Å². The molecule has 2 aromatic rings. The molecule has 2 heterocycles. The van der Waals surface area contributed by atoms with Crippen LogP contribution in [0.2, 0.25) is 0 Å². The van der Waals surface area contributed by atoms with Gasteiger partial charge in [-0.05, 0) is 36.7 Å². The van der Waals surface area contributed by atoms with Crippen molar-refractivity contribution in [3.63, 3.8) is 0 Å². The number of hydrogen-bond donors (Lipinski definition) is 2. The fourth-order valence-corrected chi connectivity index (χ4v) is 2.47. The van der Waals surface area contributed by atoms with Crippen molar-refractivity contribution >= 4 is 11.8 Å². The molecule has 0 aliphatic rings. The van der Waals surface area contributed by atoms with E-state index >= 15 is 0 Å². The van der Waals surface area contributed by atoms with Crippen molar-refractivity contribution in [3.8, 4) is 0 Å². The van der Waals surface area contributed by atoms with E-state index in [1.165, 1.54) is 17.8 Å². The summed E-state index contributed by atoms with van der Waals surface area (Å²) in [4.78, 5) is 22.9. The molecule has 0 saturated carbocycles. The lowest BCUT2D eigenvalue weighted by molar-refractivity contribution is 0.198. The molecule has 0 aliphatic heterocycles. The van der Waals surface area contributed by atoms with Crippen molar-refractivity contribution in [1.29, 1.82) is 0 Å². The van der Waals surface area contributed by atoms with Crippen molar-refractivity contribution in [2.75, 3.05) is 0 Å². The van der Waals surface area contributed by atoms with Gasteiger partial charge in [-0.15, -0.1) is 0 Å². The van der Waals surface area contributed by atoms with Gasteiger partial charge in [-0.1, -0.05) is 19.4 Å². The lowest BCUT2D eigenvalue weighted by atomic mass is 10.2. The van der Waals surface area contributed by atoms with Crippen LogP contribution in [0, 0.1) is 0 Å². The van der Waals surface area contributed by atoms with Gasteiger partial charge in [-0.2, -0.15) is 0 Å². The molecule has 0 saturated heterocycles. The Hall–Kier alpha value is -1.66. The SMILES string of the molecule is CCCc1cc(=O)[nH]c(Sc2ccc(C(C)O)cn2)n1. The lowest BCUT2D eigenvalue weighted by Gasteiger charge is -2.05. The summed E-state index contributed by atoms with van der Waals surface area (Å²) in [5, 5.41) is 10.7. The fraction of sp³-hybridized carbons (Fsp3) is 0.357. The van der Waals surface area contributed by atoms with Gasteiger partial charge in [0.1, 0.15) is 5.03 Å². The van der Waals surface area contributed by atoms with E-state index in [9.17, 15) is 9.90 Å². The molecule has 1 atom stereocenters. The van der Waals surface area contributed by atoms with E-state index in [4.69, 9.17) is 0 Å². The second-order valence-electron chi connectivity index (χ2n) is 4.50. The monoisotopic (exact) mass is 291 g/mol. The molecule has 0 amide bonds.